The van der Waals surface area contributed by atoms with Gasteiger partial charge in [0.15, 0.2) is 0 Å². The first-order valence-corrected chi connectivity index (χ1v) is 7.17. The minimum absolute atomic E-state index is 0.255. The maximum atomic E-state index is 10.2. The number of aromatic hydroxyl groups is 1. The lowest BCUT2D eigenvalue weighted by Gasteiger charge is -2.17. The van der Waals surface area contributed by atoms with Gasteiger partial charge in [0.25, 0.3) is 0 Å². The maximum Gasteiger partial charge on any atom is 0.136 e. The summed E-state index contributed by atoms with van der Waals surface area (Å²) in [6, 6.07) is 2.04. The Morgan fingerprint density at radius 3 is 2.53 bits per heavy atom. The first-order valence-electron chi connectivity index (χ1n) is 6.38. The minimum atomic E-state index is -0.756. The molecule has 0 amide bonds. The number of fused-ring (bicyclic) bond motifs is 1. The fourth-order valence-electron chi connectivity index (χ4n) is 2.76. The van der Waals surface area contributed by atoms with Crippen molar-refractivity contribution in [1.82, 2.24) is 0 Å². The summed E-state index contributed by atoms with van der Waals surface area (Å²) in [7, 11) is 0. The summed E-state index contributed by atoms with van der Waals surface area (Å²) in [6.07, 6.45) is 7.29. The van der Waals surface area contributed by atoms with Crippen molar-refractivity contribution in [1.29, 1.82) is 0 Å². The Labute approximate surface area is 110 Å². The molecule has 3 heteroatoms. The van der Waals surface area contributed by atoms with Crippen LogP contribution in [0.2, 0.25) is 0 Å². The summed E-state index contributed by atoms with van der Waals surface area (Å²) >= 11 is 3.51. The predicted octanol–water partition coefficient (Wildman–Crippen LogP) is 3.41. The van der Waals surface area contributed by atoms with Crippen LogP contribution in [0.25, 0.3) is 0 Å². The van der Waals surface area contributed by atoms with Crippen molar-refractivity contribution in [3.05, 3.63) is 27.2 Å². The van der Waals surface area contributed by atoms with Crippen LogP contribution in [0, 0.1) is 0 Å². The topological polar surface area (TPSA) is 40.5 Å². The summed E-state index contributed by atoms with van der Waals surface area (Å²) in [5, 5.41) is 20.4. The van der Waals surface area contributed by atoms with Crippen LogP contribution in [-0.4, -0.2) is 10.2 Å². The van der Waals surface area contributed by atoms with Gasteiger partial charge in [-0.15, -0.1) is 0 Å². The molecule has 1 saturated carbocycles. The number of hydrogen-bond donors (Lipinski definition) is 2. The molecular formula is C14H17BrO2. The summed E-state index contributed by atoms with van der Waals surface area (Å²) in [4.78, 5) is 0. The molecule has 0 radical (unpaired) electrons. The lowest BCUT2D eigenvalue weighted by molar-refractivity contribution is 0.147. The van der Waals surface area contributed by atoms with Gasteiger partial charge < -0.3 is 10.2 Å². The third kappa shape index (κ3) is 1.89. The molecule has 92 valence electrons. The van der Waals surface area contributed by atoms with E-state index in [-0.39, 0.29) is 5.75 Å². The number of rotatable bonds is 1. The Morgan fingerprint density at radius 2 is 1.82 bits per heavy atom. The number of hydrogen-bond acceptors (Lipinski definition) is 2. The molecule has 0 aromatic heterocycles. The molecule has 0 bridgehead atoms. The van der Waals surface area contributed by atoms with E-state index in [4.69, 9.17) is 0 Å². The Morgan fingerprint density at radius 1 is 1.12 bits per heavy atom. The monoisotopic (exact) mass is 296 g/mol. The molecule has 3 rings (SSSR count). The van der Waals surface area contributed by atoms with E-state index in [1.54, 1.807) is 0 Å². The number of aliphatic hydroxyl groups is 1. The number of phenolic OH excluding ortho intramolecular Hbond substituents is 1. The SMILES string of the molecule is Oc1c(C2(O)CC2)cc2c(c1Br)CCCCC2. The molecule has 2 aliphatic carbocycles. The smallest absolute Gasteiger partial charge is 0.136 e. The van der Waals surface area contributed by atoms with Crippen molar-refractivity contribution >= 4 is 15.9 Å². The quantitative estimate of drug-likeness (QED) is 0.780. The van der Waals surface area contributed by atoms with Gasteiger partial charge in [0.1, 0.15) is 5.75 Å². The van der Waals surface area contributed by atoms with Crippen LogP contribution in [0.4, 0.5) is 0 Å². The summed E-state index contributed by atoms with van der Waals surface area (Å²) in [5.41, 5.74) is 2.52. The number of benzene rings is 1. The highest BCUT2D eigenvalue weighted by molar-refractivity contribution is 9.10. The van der Waals surface area contributed by atoms with Crippen LogP contribution in [0.3, 0.4) is 0 Å². The fourth-order valence-corrected chi connectivity index (χ4v) is 3.43. The average molecular weight is 297 g/mol. The second kappa shape index (κ2) is 3.99. The van der Waals surface area contributed by atoms with E-state index in [0.29, 0.717) is 0 Å². The van der Waals surface area contributed by atoms with E-state index in [1.165, 1.54) is 30.4 Å². The van der Waals surface area contributed by atoms with E-state index >= 15 is 0 Å². The van der Waals surface area contributed by atoms with Crippen LogP contribution in [0.5, 0.6) is 5.75 Å². The zero-order valence-corrected chi connectivity index (χ0v) is 11.4. The van der Waals surface area contributed by atoms with E-state index in [1.807, 2.05) is 6.07 Å². The van der Waals surface area contributed by atoms with Gasteiger partial charge >= 0.3 is 0 Å². The lowest BCUT2D eigenvalue weighted by atomic mass is 9.95. The van der Waals surface area contributed by atoms with Crippen molar-refractivity contribution in [2.45, 2.75) is 50.5 Å². The molecule has 2 aliphatic rings. The largest absolute Gasteiger partial charge is 0.506 e. The zero-order valence-electron chi connectivity index (χ0n) is 9.80. The third-order valence-electron chi connectivity index (χ3n) is 4.03. The molecule has 1 aromatic rings. The van der Waals surface area contributed by atoms with Gasteiger partial charge in [-0.25, -0.2) is 0 Å². The van der Waals surface area contributed by atoms with E-state index in [0.717, 1.165) is 35.7 Å². The summed E-state index contributed by atoms with van der Waals surface area (Å²) in [6.45, 7) is 0. The number of phenols is 1. The van der Waals surface area contributed by atoms with E-state index in [2.05, 4.69) is 15.9 Å². The van der Waals surface area contributed by atoms with Crippen molar-refractivity contribution < 1.29 is 10.2 Å². The van der Waals surface area contributed by atoms with Crippen LogP contribution in [0.1, 0.15) is 48.8 Å². The normalized spacial score (nSPS) is 21.8. The number of aryl methyl sites for hydroxylation is 1. The highest BCUT2D eigenvalue weighted by Crippen LogP contribution is 2.51. The van der Waals surface area contributed by atoms with Crippen LogP contribution in [0.15, 0.2) is 10.5 Å². The van der Waals surface area contributed by atoms with Crippen molar-refractivity contribution in [2.75, 3.05) is 0 Å². The molecule has 0 unspecified atom stereocenters. The molecule has 2 N–H and O–H groups in total. The van der Waals surface area contributed by atoms with Gasteiger partial charge in [-0.2, -0.15) is 0 Å². The molecule has 2 nitrogen and oxygen atoms in total. The molecule has 0 atom stereocenters. The highest BCUT2D eigenvalue weighted by atomic mass is 79.9. The zero-order chi connectivity index (χ0) is 12.0. The second-order valence-electron chi connectivity index (χ2n) is 5.32. The van der Waals surface area contributed by atoms with Crippen molar-refractivity contribution in [3.63, 3.8) is 0 Å². The Kier molecular flexibility index (Phi) is 2.71. The molecular weight excluding hydrogens is 280 g/mol. The maximum absolute atomic E-state index is 10.2. The fraction of sp³-hybridized carbons (Fsp3) is 0.571. The predicted molar refractivity (Wildman–Crippen MR) is 70.2 cm³/mol. The van der Waals surface area contributed by atoms with Crippen LogP contribution < -0.4 is 0 Å². The van der Waals surface area contributed by atoms with Crippen LogP contribution >= 0.6 is 15.9 Å². The molecule has 0 saturated heterocycles. The van der Waals surface area contributed by atoms with E-state index in [9.17, 15) is 10.2 Å². The summed E-state index contributed by atoms with van der Waals surface area (Å²) < 4.78 is 0.812. The highest BCUT2D eigenvalue weighted by Gasteiger charge is 2.45. The molecule has 1 fully saturated rings. The molecule has 0 heterocycles. The second-order valence-corrected chi connectivity index (χ2v) is 6.11. The van der Waals surface area contributed by atoms with Crippen molar-refractivity contribution in [3.8, 4) is 5.75 Å². The first kappa shape index (κ1) is 11.5. The molecule has 0 spiro atoms. The molecule has 0 aliphatic heterocycles. The van der Waals surface area contributed by atoms with Gasteiger partial charge in [-0.3, -0.25) is 0 Å². The first-order chi connectivity index (χ1) is 8.12. The Balaban J connectivity index is 2.14. The van der Waals surface area contributed by atoms with Gasteiger partial charge in [0, 0.05) is 5.56 Å². The Hall–Kier alpha value is -0.540. The van der Waals surface area contributed by atoms with Gasteiger partial charge in [0.05, 0.1) is 10.1 Å². The Bertz CT molecular complexity index is 464. The van der Waals surface area contributed by atoms with Crippen molar-refractivity contribution in [2.24, 2.45) is 0 Å². The third-order valence-corrected chi connectivity index (χ3v) is 4.89. The molecule has 17 heavy (non-hydrogen) atoms. The lowest BCUT2D eigenvalue weighted by Crippen LogP contribution is -2.07. The average Bonchev–Trinajstić information content (AvgIpc) is 3.07. The number of halogens is 1. The summed E-state index contributed by atoms with van der Waals surface area (Å²) in [5.74, 6) is 0.255. The standard InChI is InChI=1S/C14H17BrO2/c15-12-10-5-3-1-2-4-9(10)8-11(13(12)16)14(17)6-7-14/h8,16-17H,1-7H2. The molecule has 1 aromatic carbocycles. The van der Waals surface area contributed by atoms with Gasteiger partial charge in [-0.05, 0) is 71.6 Å². The van der Waals surface area contributed by atoms with Gasteiger partial charge in [-0.1, -0.05) is 6.42 Å². The van der Waals surface area contributed by atoms with E-state index < -0.39 is 5.60 Å². The van der Waals surface area contributed by atoms with Gasteiger partial charge in [0.2, 0.25) is 0 Å². The van der Waals surface area contributed by atoms with Crippen LogP contribution in [-0.2, 0) is 18.4 Å². The minimum Gasteiger partial charge on any atom is -0.506 e.